The number of phenolic OH excluding ortho intramolecular Hbond substituents is 1. The van der Waals surface area contributed by atoms with E-state index in [1.54, 1.807) is 0 Å². The summed E-state index contributed by atoms with van der Waals surface area (Å²) in [6, 6.07) is 2.75. The van der Waals surface area contributed by atoms with Crippen LogP contribution in [0.1, 0.15) is 10.4 Å². The Balaban J connectivity index is 3.16. The van der Waals surface area contributed by atoms with Gasteiger partial charge >= 0.3 is 0 Å². The standard InChI is InChI=1S/C11H12F2N2O5/c12-10(13)6-14(3-4-16)11(18)8-5-7(17)1-2-9(8)15(19)20/h1-2,5,10,16-17H,3-4,6H2. The molecule has 7 nitrogen and oxygen atoms in total. The minimum absolute atomic E-state index is 0.393. The Bertz CT molecular complexity index is 510. The molecule has 0 spiro atoms. The van der Waals surface area contributed by atoms with Gasteiger partial charge in [-0.05, 0) is 12.1 Å². The van der Waals surface area contributed by atoms with E-state index in [-0.39, 0.29) is 0 Å². The average Bonchev–Trinajstić information content (AvgIpc) is 2.36. The molecule has 0 saturated carbocycles. The minimum Gasteiger partial charge on any atom is -0.508 e. The molecule has 1 aromatic carbocycles. The number of halogens is 2. The zero-order chi connectivity index (χ0) is 15.3. The second-order valence-electron chi connectivity index (χ2n) is 3.82. The molecule has 0 aliphatic carbocycles. The number of hydrogen-bond donors (Lipinski definition) is 2. The number of nitro groups is 1. The summed E-state index contributed by atoms with van der Waals surface area (Å²) in [7, 11) is 0. The number of benzene rings is 1. The highest BCUT2D eigenvalue weighted by molar-refractivity contribution is 5.98. The Labute approximate surface area is 112 Å². The van der Waals surface area contributed by atoms with E-state index in [1.165, 1.54) is 0 Å². The third-order valence-corrected chi connectivity index (χ3v) is 2.42. The molecular formula is C11H12F2N2O5. The number of aliphatic hydroxyl groups is 1. The number of alkyl halides is 2. The highest BCUT2D eigenvalue weighted by Gasteiger charge is 2.26. The summed E-state index contributed by atoms with van der Waals surface area (Å²) >= 11 is 0. The number of nitrogens with zero attached hydrogens (tertiary/aromatic N) is 2. The van der Waals surface area contributed by atoms with E-state index in [2.05, 4.69) is 0 Å². The summed E-state index contributed by atoms with van der Waals surface area (Å²) in [6.45, 7) is -1.92. The fourth-order valence-corrected chi connectivity index (χ4v) is 1.59. The first-order valence-corrected chi connectivity index (χ1v) is 5.52. The Hall–Kier alpha value is -2.29. The normalized spacial score (nSPS) is 10.6. The lowest BCUT2D eigenvalue weighted by atomic mass is 10.1. The molecule has 0 atom stereocenters. The number of carbonyl (C=O) groups is 1. The van der Waals surface area contributed by atoms with Gasteiger partial charge in [0.25, 0.3) is 18.0 Å². The van der Waals surface area contributed by atoms with Gasteiger partial charge in [-0.1, -0.05) is 0 Å². The molecule has 20 heavy (non-hydrogen) atoms. The first-order chi connectivity index (χ1) is 9.36. The molecule has 1 rings (SSSR count). The highest BCUT2D eigenvalue weighted by Crippen LogP contribution is 2.24. The molecule has 9 heteroatoms. The summed E-state index contributed by atoms with van der Waals surface area (Å²) in [6.07, 6.45) is -2.85. The number of carbonyl (C=O) groups excluding carboxylic acids is 1. The largest absolute Gasteiger partial charge is 0.508 e. The molecule has 0 heterocycles. The Morgan fingerprint density at radius 2 is 2.10 bits per heavy atom. The van der Waals surface area contributed by atoms with E-state index in [1.807, 2.05) is 0 Å². The van der Waals surface area contributed by atoms with Crippen LogP contribution in [0.4, 0.5) is 14.5 Å². The van der Waals surface area contributed by atoms with Crippen molar-refractivity contribution >= 4 is 11.6 Å². The maximum atomic E-state index is 12.4. The second-order valence-corrected chi connectivity index (χ2v) is 3.82. The van der Waals surface area contributed by atoms with Gasteiger partial charge in [0, 0.05) is 12.6 Å². The van der Waals surface area contributed by atoms with E-state index >= 15 is 0 Å². The molecule has 0 bridgehead atoms. The van der Waals surface area contributed by atoms with Gasteiger partial charge in [0.05, 0.1) is 18.1 Å². The van der Waals surface area contributed by atoms with Crippen LogP contribution in [0.15, 0.2) is 18.2 Å². The van der Waals surface area contributed by atoms with Crippen LogP contribution in [0.5, 0.6) is 5.75 Å². The number of nitro benzene ring substituents is 1. The number of amides is 1. The summed E-state index contributed by atoms with van der Waals surface area (Å²) in [4.78, 5) is 22.5. The number of rotatable bonds is 6. The van der Waals surface area contributed by atoms with Crippen molar-refractivity contribution in [3.8, 4) is 5.75 Å². The summed E-state index contributed by atoms with van der Waals surface area (Å²) in [5.41, 5.74) is -1.12. The second kappa shape index (κ2) is 6.75. The van der Waals surface area contributed by atoms with Gasteiger partial charge in [0.2, 0.25) is 0 Å². The van der Waals surface area contributed by atoms with E-state index in [0.29, 0.717) is 4.90 Å². The van der Waals surface area contributed by atoms with E-state index < -0.39 is 54.0 Å². The third kappa shape index (κ3) is 3.85. The lowest BCUT2D eigenvalue weighted by molar-refractivity contribution is -0.385. The molecule has 0 fully saturated rings. The zero-order valence-corrected chi connectivity index (χ0v) is 10.2. The third-order valence-electron chi connectivity index (χ3n) is 2.42. The van der Waals surface area contributed by atoms with Crippen LogP contribution < -0.4 is 0 Å². The molecule has 0 saturated heterocycles. The quantitative estimate of drug-likeness (QED) is 0.601. The first kappa shape index (κ1) is 15.8. The van der Waals surface area contributed by atoms with E-state index in [4.69, 9.17) is 5.11 Å². The number of hydrogen-bond acceptors (Lipinski definition) is 5. The van der Waals surface area contributed by atoms with Gasteiger partial charge in [-0.15, -0.1) is 0 Å². The molecule has 0 aliphatic heterocycles. The van der Waals surface area contributed by atoms with Crippen molar-refractivity contribution in [3.63, 3.8) is 0 Å². The Kier molecular flexibility index (Phi) is 5.32. The first-order valence-electron chi connectivity index (χ1n) is 5.52. The number of phenols is 1. The van der Waals surface area contributed by atoms with E-state index in [0.717, 1.165) is 18.2 Å². The smallest absolute Gasteiger partial charge is 0.282 e. The van der Waals surface area contributed by atoms with Crippen molar-refractivity contribution in [2.45, 2.75) is 6.43 Å². The van der Waals surface area contributed by atoms with E-state index in [9.17, 15) is 28.8 Å². The zero-order valence-electron chi connectivity index (χ0n) is 10.2. The fourth-order valence-electron chi connectivity index (χ4n) is 1.59. The predicted molar refractivity (Wildman–Crippen MR) is 63.8 cm³/mol. The lowest BCUT2D eigenvalue weighted by Crippen LogP contribution is -2.37. The maximum Gasteiger partial charge on any atom is 0.282 e. The Morgan fingerprint density at radius 3 is 2.60 bits per heavy atom. The topological polar surface area (TPSA) is 104 Å². The number of aliphatic hydroxyl groups excluding tert-OH is 1. The van der Waals surface area contributed by atoms with Gasteiger partial charge in [0.1, 0.15) is 11.3 Å². The molecular weight excluding hydrogens is 278 g/mol. The number of aromatic hydroxyl groups is 1. The molecule has 0 aliphatic rings. The van der Waals surface area contributed by atoms with Crippen molar-refractivity contribution in [1.82, 2.24) is 4.90 Å². The SMILES string of the molecule is O=C(c1cc(O)ccc1[N+](=O)[O-])N(CCO)CC(F)F. The summed E-state index contributed by atoms with van der Waals surface area (Å²) in [5.74, 6) is -1.46. The monoisotopic (exact) mass is 290 g/mol. The van der Waals surface area contributed by atoms with Gasteiger partial charge in [0.15, 0.2) is 0 Å². The predicted octanol–water partition coefficient (Wildman–Crippen LogP) is 1.00. The molecule has 1 amide bonds. The summed E-state index contributed by atoms with van der Waals surface area (Å²) < 4.78 is 24.7. The van der Waals surface area contributed by atoms with Crippen LogP contribution in [0.2, 0.25) is 0 Å². The maximum absolute atomic E-state index is 12.4. The van der Waals surface area contributed by atoms with Gasteiger partial charge in [-0.3, -0.25) is 14.9 Å². The lowest BCUT2D eigenvalue weighted by Gasteiger charge is -2.21. The fraction of sp³-hybridized carbons (Fsp3) is 0.364. The minimum atomic E-state index is -2.85. The highest BCUT2D eigenvalue weighted by atomic mass is 19.3. The van der Waals surface area contributed by atoms with Crippen LogP contribution in [0.3, 0.4) is 0 Å². The van der Waals surface area contributed by atoms with Crippen LogP contribution in [-0.4, -0.2) is 52.1 Å². The van der Waals surface area contributed by atoms with Gasteiger partial charge < -0.3 is 15.1 Å². The van der Waals surface area contributed by atoms with Crippen LogP contribution in [0, 0.1) is 10.1 Å². The molecule has 0 radical (unpaired) electrons. The van der Waals surface area contributed by atoms with Gasteiger partial charge in [-0.2, -0.15) is 0 Å². The average molecular weight is 290 g/mol. The van der Waals surface area contributed by atoms with Gasteiger partial charge in [-0.25, -0.2) is 8.78 Å². The molecule has 0 aromatic heterocycles. The van der Waals surface area contributed by atoms with Crippen LogP contribution >= 0.6 is 0 Å². The summed E-state index contributed by atoms with van der Waals surface area (Å²) in [5, 5.41) is 28.8. The van der Waals surface area contributed by atoms with Crippen molar-refractivity contribution < 1.29 is 28.7 Å². The van der Waals surface area contributed by atoms with Crippen LogP contribution in [0.25, 0.3) is 0 Å². The molecule has 110 valence electrons. The molecule has 2 N–H and O–H groups in total. The molecule has 1 aromatic rings. The van der Waals surface area contributed by atoms with Crippen molar-refractivity contribution in [2.75, 3.05) is 19.7 Å². The Morgan fingerprint density at radius 1 is 1.45 bits per heavy atom. The van der Waals surface area contributed by atoms with Crippen molar-refractivity contribution in [3.05, 3.63) is 33.9 Å². The van der Waals surface area contributed by atoms with Crippen molar-refractivity contribution in [1.29, 1.82) is 0 Å². The van der Waals surface area contributed by atoms with Crippen LogP contribution in [-0.2, 0) is 0 Å². The van der Waals surface area contributed by atoms with Crippen molar-refractivity contribution in [2.24, 2.45) is 0 Å². The molecule has 0 unspecified atom stereocenters.